The van der Waals surface area contributed by atoms with Gasteiger partial charge in [-0.1, -0.05) is 46.9 Å². The summed E-state index contributed by atoms with van der Waals surface area (Å²) in [4.78, 5) is 0.563. The van der Waals surface area contributed by atoms with Crippen molar-refractivity contribution in [1.29, 1.82) is 0 Å². The fraction of sp³-hybridized carbons (Fsp3) is 0.538. The molecule has 1 rings (SSSR count). The van der Waals surface area contributed by atoms with Crippen LogP contribution in [0.5, 0.6) is 0 Å². The van der Waals surface area contributed by atoms with Gasteiger partial charge in [-0.15, -0.1) is 0 Å². The molecular weight excluding hydrogens is 290 g/mol. The van der Waals surface area contributed by atoms with Gasteiger partial charge in [-0.2, -0.15) is 0 Å². The third kappa shape index (κ3) is 4.84. The summed E-state index contributed by atoms with van der Waals surface area (Å²) in [6.45, 7) is 2.17. The van der Waals surface area contributed by atoms with Crippen LogP contribution >= 0.6 is 27.5 Å². The Labute approximate surface area is 110 Å². The fourth-order valence-corrected chi connectivity index (χ4v) is 2.64. The smallest absolute Gasteiger partial charge is 0.127 e. The maximum absolute atomic E-state index is 13.4. The van der Waals surface area contributed by atoms with Crippen molar-refractivity contribution in [2.24, 2.45) is 0 Å². The van der Waals surface area contributed by atoms with Crippen molar-refractivity contribution in [2.75, 3.05) is 0 Å². The lowest BCUT2D eigenvalue weighted by Crippen LogP contribution is -1.99. The SMILES string of the molecule is CCCC(Br)CCCc1ccc(Cl)cc1F. The maximum atomic E-state index is 13.4. The van der Waals surface area contributed by atoms with Crippen LogP contribution in [0.2, 0.25) is 5.02 Å². The highest BCUT2D eigenvalue weighted by atomic mass is 79.9. The van der Waals surface area contributed by atoms with Gasteiger partial charge in [0.1, 0.15) is 5.82 Å². The predicted octanol–water partition coefficient (Wildman–Crippen LogP) is 5.37. The van der Waals surface area contributed by atoms with E-state index in [2.05, 4.69) is 22.9 Å². The lowest BCUT2D eigenvalue weighted by molar-refractivity contribution is 0.593. The topological polar surface area (TPSA) is 0 Å². The Morgan fingerprint density at radius 1 is 1.38 bits per heavy atom. The lowest BCUT2D eigenvalue weighted by atomic mass is 10.1. The molecule has 3 heteroatoms. The number of halogens is 3. The Kier molecular flexibility index (Phi) is 6.37. The molecule has 0 heterocycles. The van der Waals surface area contributed by atoms with Crippen LogP contribution in [-0.2, 0) is 6.42 Å². The second-order valence-electron chi connectivity index (χ2n) is 4.01. The molecule has 0 N–H and O–H groups in total. The largest absolute Gasteiger partial charge is 0.207 e. The van der Waals surface area contributed by atoms with E-state index in [0.29, 0.717) is 9.85 Å². The number of alkyl halides is 1. The molecule has 0 aliphatic rings. The van der Waals surface area contributed by atoms with Crippen LogP contribution in [0.3, 0.4) is 0 Å². The second kappa shape index (κ2) is 7.29. The summed E-state index contributed by atoms with van der Waals surface area (Å²) in [7, 11) is 0. The van der Waals surface area contributed by atoms with Crippen molar-refractivity contribution in [3.05, 3.63) is 34.6 Å². The highest BCUT2D eigenvalue weighted by Crippen LogP contribution is 2.19. The van der Waals surface area contributed by atoms with Crippen molar-refractivity contribution in [3.8, 4) is 0 Å². The average molecular weight is 308 g/mol. The zero-order valence-corrected chi connectivity index (χ0v) is 11.8. The molecule has 0 aliphatic carbocycles. The van der Waals surface area contributed by atoms with Crippen LogP contribution in [0.15, 0.2) is 18.2 Å². The highest BCUT2D eigenvalue weighted by Gasteiger charge is 2.05. The van der Waals surface area contributed by atoms with Crippen molar-refractivity contribution in [2.45, 2.75) is 43.9 Å². The van der Waals surface area contributed by atoms with Crippen LogP contribution in [0.4, 0.5) is 4.39 Å². The van der Waals surface area contributed by atoms with Gasteiger partial charge in [-0.25, -0.2) is 4.39 Å². The van der Waals surface area contributed by atoms with E-state index in [1.165, 1.54) is 18.9 Å². The van der Waals surface area contributed by atoms with Gasteiger partial charge in [0.2, 0.25) is 0 Å². The molecule has 16 heavy (non-hydrogen) atoms. The Morgan fingerprint density at radius 2 is 2.12 bits per heavy atom. The van der Waals surface area contributed by atoms with E-state index in [1.54, 1.807) is 12.1 Å². The Hall–Kier alpha value is -0.0800. The fourth-order valence-electron chi connectivity index (χ4n) is 1.70. The third-order valence-electron chi connectivity index (χ3n) is 2.58. The molecule has 1 atom stereocenters. The molecule has 0 bridgehead atoms. The quantitative estimate of drug-likeness (QED) is 0.620. The van der Waals surface area contributed by atoms with Gasteiger partial charge >= 0.3 is 0 Å². The van der Waals surface area contributed by atoms with Gasteiger partial charge in [0.25, 0.3) is 0 Å². The first-order valence-corrected chi connectivity index (χ1v) is 7.01. The number of benzene rings is 1. The standard InChI is InChI=1S/C13H17BrClF/c1-2-4-11(14)6-3-5-10-7-8-12(15)9-13(10)16/h7-9,11H,2-6H2,1H3. The lowest BCUT2D eigenvalue weighted by Gasteiger charge is -2.08. The first-order valence-electron chi connectivity index (χ1n) is 5.71. The van der Waals surface area contributed by atoms with Gasteiger partial charge in [0.15, 0.2) is 0 Å². The number of hydrogen-bond donors (Lipinski definition) is 0. The molecule has 0 fully saturated rings. The van der Waals surface area contributed by atoms with Gasteiger partial charge in [0, 0.05) is 9.85 Å². The average Bonchev–Trinajstić information content (AvgIpc) is 2.22. The normalized spacial score (nSPS) is 12.8. The summed E-state index contributed by atoms with van der Waals surface area (Å²) in [5, 5.41) is 0.464. The summed E-state index contributed by atoms with van der Waals surface area (Å²) >= 11 is 9.32. The van der Waals surface area contributed by atoms with Crippen LogP contribution < -0.4 is 0 Å². The molecule has 0 amide bonds. The minimum atomic E-state index is -0.186. The van der Waals surface area contributed by atoms with Crippen molar-refractivity contribution in [1.82, 2.24) is 0 Å². The molecule has 1 aromatic rings. The molecule has 0 nitrogen and oxygen atoms in total. The van der Waals surface area contributed by atoms with Crippen LogP contribution in [-0.4, -0.2) is 4.83 Å². The molecule has 0 spiro atoms. The minimum Gasteiger partial charge on any atom is -0.207 e. The first kappa shape index (κ1) is 14.0. The zero-order chi connectivity index (χ0) is 12.0. The number of rotatable bonds is 6. The molecule has 0 aliphatic heterocycles. The van der Waals surface area contributed by atoms with E-state index < -0.39 is 0 Å². The summed E-state index contributed by atoms with van der Waals surface area (Å²) in [6.07, 6.45) is 5.26. The molecule has 1 unspecified atom stereocenters. The van der Waals surface area contributed by atoms with E-state index in [1.807, 2.05) is 0 Å². The van der Waals surface area contributed by atoms with Gasteiger partial charge in [-0.05, 0) is 43.4 Å². The summed E-state index contributed by atoms with van der Waals surface area (Å²) < 4.78 is 13.4. The van der Waals surface area contributed by atoms with E-state index in [9.17, 15) is 4.39 Å². The highest BCUT2D eigenvalue weighted by molar-refractivity contribution is 9.09. The Morgan fingerprint density at radius 3 is 2.75 bits per heavy atom. The molecular formula is C13H17BrClF. The Balaban J connectivity index is 2.37. The summed E-state index contributed by atoms with van der Waals surface area (Å²) in [5.41, 5.74) is 0.764. The number of aryl methyl sites for hydroxylation is 1. The molecule has 1 aromatic carbocycles. The molecule has 0 saturated heterocycles. The van der Waals surface area contributed by atoms with Gasteiger partial charge < -0.3 is 0 Å². The van der Waals surface area contributed by atoms with E-state index in [0.717, 1.165) is 24.8 Å². The number of hydrogen-bond acceptors (Lipinski definition) is 0. The van der Waals surface area contributed by atoms with Crippen molar-refractivity contribution < 1.29 is 4.39 Å². The van der Waals surface area contributed by atoms with Crippen LogP contribution in [0, 0.1) is 5.82 Å². The Bertz CT molecular complexity index is 328. The zero-order valence-electron chi connectivity index (χ0n) is 9.48. The van der Waals surface area contributed by atoms with E-state index >= 15 is 0 Å². The van der Waals surface area contributed by atoms with E-state index in [-0.39, 0.29) is 5.82 Å². The summed E-state index contributed by atoms with van der Waals surface area (Å²) in [5.74, 6) is -0.186. The van der Waals surface area contributed by atoms with Gasteiger partial charge in [-0.3, -0.25) is 0 Å². The third-order valence-corrected chi connectivity index (χ3v) is 3.73. The van der Waals surface area contributed by atoms with Crippen molar-refractivity contribution in [3.63, 3.8) is 0 Å². The molecule has 0 radical (unpaired) electrons. The maximum Gasteiger partial charge on any atom is 0.127 e. The monoisotopic (exact) mass is 306 g/mol. The van der Waals surface area contributed by atoms with E-state index in [4.69, 9.17) is 11.6 Å². The summed E-state index contributed by atoms with van der Waals surface area (Å²) in [6, 6.07) is 4.91. The first-order chi connectivity index (χ1) is 7.63. The molecule has 0 saturated carbocycles. The van der Waals surface area contributed by atoms with Crippen LogP contribution in [0.25, 0.3) is 0 Å². The molecule has 90 valence electrons. The predicted molar refractivity (Wildman–Crippen MR) is 72.0 cm³/mol. The molecule has 0 aromatic heterocycles. The minimum absolute atomic E-state index is 0.186. The van der Waals surface area contributed by atoms with Gasteiger partial charge in [0.05, 0.1) is 0 Å². The second-order valence-corrected chi connectivity index (χ2v) is 5.75. The van der Waals surface area contributed by atoms with Crippen LogP contribution in [0.1, 0.15) is 38.2 Å². The van der Waals surface area contributed by atoms with Crippen molar-refractivity contribution >= 4 is 27.5 Å².